The molecule has 116 valence electrons. The highest BCUT2D eigenvalue weighted by Crippen LogP contribution is 2.25. The van der Waals surface area contributed by atoms with Gasteiger partial charge in [0.15, 0.2) is 0 Å². The molecule has 22 heavy (non-hydrogen) atoms. The molecule has 1 aromatic carbocycles. The summed E-state index contributed by atoms with van der Waals surface area (Å²) in [6, 6.07) is 6.90. The fourth-order valence-electron chi connectivity index (χ4n) is 2.18. The van der Waals surface area contributed by atoms with Crippen molar-refractivity contribution in [2.75, 3.05) is 0 Å². The number of aliphatic carboxylic acids is 1. The summed E-state index contributed by atoms with van der Waals surface area (Å²) in [7, 11) is 0. The van der Waals surface area contributed by atoms with Crippen LogP contribution in [-0.4, -0.2) is 22.1 Å². The Kier molecular flexibility index (Phi) is 4.55. The molecule has 7 heteroatoms. The molecule has 2 aromatic rings. The maximum atomic E-state index is 13.0. The van der Waals surface area contributed by atoms with E-state index in [0.29, 0.717) is 11.3 Å². The number of halogens is 1. The third-order valence-corrected chi connectivity index (χ3v) is 3.23. The maximum Gasteiger partial charge on any atom is 0.306 e. The van der Waals surface area contributed by atoms with Crippen molar-refractivity contribution in [2.24, 2.45) is 0 Å². The molecule has 2 N–H and O–H groups in total. The van der Waals surface area contributed by atoms with E-state index in [9.17, 15) is 14.0 Å². The fraction of sp³-hybridized carbons (Fsp3) is 0.267. The molecule has 6 nitrogen and oxygen atoms in total. The molecule has 2 rings (SSSR count). The van der Waals surface area contributed by atoms with Crippen molar-refractivity contribution in [1.29, 1.82) is 0 Å². The summed E-state index contributed by atoms with van der Waals surface area (Å²) in [4.78, 5) is 23.2. The number of amides is 1. The Labute approximate surface area is 125 Å². The van der Waals surface area contributed by atoms with Gasteiger partial charge in [0.2, 0.25) is 5.91 Å². The maximum absolute atomic E-state index is 13.0. The minimum Gasteiger partial charge on any atom is -0.481 e. The summed E-state index contributed by atoms with van der Waals surface area (Å²) in [6.45, 7) is 1.58. The van der Waals surface area contributed by atoms with Crippen LogP contribution in [0.1, 0.15) is 24.6 Å². The molecule has 0 bridgehead atoms. The molecule has 0 spiro atoms. The molecule has 0 fully saturated rings. The van der Waals surface area contributed by atoms with Crippen LogP contribution in [-0.2, 0) is 21.5 Å². The van der Waals surface area contributed by atoms with Crippen molar-refractivity contribution < 1.29 is 23.6 Å². The second kappa shape index (κ2) is 6.38. The summed E-state index contributed by atoms with van der Waals surface area (Å²) in [5, 5.41) is 15.4. The molecule has 0 radical (unpaired) electrons. The topological polar surface area (TPSA) is 92.4 Å². The Bertz CT molecular complexity index is 655. The average Bonchev–Trinajstić information content (AvgIpc) is 2.90. The zero-order chi connectivity index (χ0) is 16.2. The van der Waals surface area contributed by atoms with Gasteiger partial charge in [-0.1, -0.05) is 17.3 Å². The van der Waals surface area contributed by atoms with Crippen molar-refractivity contribution in [3.8, 4) is 0 Å². The first kappa shape index (κ1) is 15.7. The zero-order valence-corrected chi connectivity index (χ0v) is 11.9. The monoisotopic (exact) mass is 306 g/mol. The Morgan fingerprint density at radius 1 is 1.32 bits per heavy atom. The van der Waals surface area contributed by atoms with E-state index in [1.807, 2.05) is 0 Å². The van der Waals surface area contributed by atoms with Crippen LogP contribution in [0.2, 0.25) is 0 Å². The van der Waals surface area contributed by atoms with E-state index in [0.717, 1.165) is 0 Å². The predicted molar refractivity (Wildman–Crippen MR) is 74.4 cm³/mol. The van der Waals surface area contributed by atoms with Crippen molar-refractivity contribution >= 4 is 11.9 Å². The predicted octanol–water partition coefficient (Wildman–Crippen LogP) is 1.86. The van der Waals surface area contributed by atoms with E-state index in [2.05, 4.69) is 15.0 Å². The number of nitrogens with one attached hydrogen (secondary N) is 1. The summed E-state index contributed by atoms with van der Waals surface area (Å²) in [6.07, 6.45) is 0.981. The lowest BCUT2D eigenvalue weighted by Gasteiger charge is -2.30. The van der Waals surface area contributed by atoms with Gasteiger partial charge in [0.25, 0.3) is 0 Å². The Morgan fingerprint density at radius 2 is 2.00 bits per heavy atom. The van der Waals surface area contributed by atoms with Gasteiger partial charge in [-0.25, -0.2) is 4.39 Å². The second-order valence-corrected chi connectivity index (χ2v) is 5.13. The Hall–Kier alpha value is -2.70. The van der Waals surface area contributed by atoms with Crippen molar-refractivity contribution in [1.82, 2.24) is 10.5 Å². The highest BCUT2D eigenvalue weighted by atomic mass is 19.1. The van der Waals surface area contributed by atoms with Crippen LogP contribution >= 0.6 is 0 Å². The number of carbonyl (C=O) groups excluding carboxylic acids is 1. The minimum absolute atomic E-state index is 0.0348. The third-order valence-electron chi connectivity index (χ3n) is 3.23. The quantitative estimate of drug-likeness (QED) is 0.850. The van der Waals surface area contributed by atoms with Gasteiger partial charge in [-0.05, 0) is 24.6 Å². The molecule has 0 saturated heterocycles. The molecule has 1 amide bonds. The average molecular weight is 306 g/mol. The van der Waals surface area contributed by atoms with E-state index in [1.165, 1.54) is 30.5 Å². The van der Waals surface area contributed by atoms with Gasteiger partial charge in [-0.3, -0.25) is 9.59 Å². The number of nitrogens with zero attached hydrogens (tertiary/aromatic N) is 1. The molecule has 0 saturated carbocycles. The van der Waals surface area contributed by atoms with Crippen LogP contribution in [0.4, 0.5) is 4.39 Å². The molecule has 0 aliphatic carbocycles. The normalized spacial score (nSPS) is 13.4. The van der Waals surface area contributed by atoms with Crippen LogP contribution in [0.5, 0.6) is 0 Å². The van der Waals surface area contributed by atoms with Crippen LogP contribution in [0.3, 0.4) is 0 Å². The molecule has 0 aliphatic rings. The number of carboxylic acid groups (broad SMARTS) is 1. The number of benzene rings is 1. The summed E-state index contributed by atoms with van der Waals surface area (Å²) in [5.41, 5.74) is -0.209. The van der Waals surface area contributed by atoms with Gasteiger partial charge in [-0.2, -0.15) is 0 Å². The smallest absolute Gasteiger partial charge is 0.306 e. The standard InChI is InChI=1S/C15H15FN2O4/c1-15(9-14(20)21,10-2-4-11(16)5-3-10)17-13(19)8-12-6-7-22-18-12/h2-7H,8-9H2,1H3,(H,17,19)(H,20,21)/t15-/m0/s1. The SMILES string of the molecule is C[C@@](CC(=O)O)(NC(=O)Cc1ccon1)c1ccc(F)cc1. The molecule has 1 atom stereocenters. The minimum atomic E-state index is -1.15. The molecular formula is C15H15FN2O4. The molecule has 0 unspecified atom stereocenters. The lowest BCUT2D eigenvalue weighted by molar-refractivity contribution is -0.139. The second-order valence-electron chi connectivity index (χ2n) is 5.13. The molecule has 0 aliphatic heterocycles. The number of hydrogen-bond donors (Lipinski definition) is 2. The number of carbonyl (C=O) groups is 2. The van der Waals surface area contributed by atoms with Crippen LogP contribution in [0.15, 0.2) is 41.1 Å². The van der Waals surface area contributed by atoms with Gasteiger partial charge in [0.1, 0.15) is 12.1 Å². The number of hydrogen-bond acceptors (Lipinski definition) is 4. The zero-order valence-electron chi connectivity index (χ0n) is 11.9. The summed E-state index contributed by atoms with van der Waals surface area (Å²) in [5.74, 6) is -1.91. The highest BCUT2D eigenvalue weighted by Gasteiger charge is 2.31. The first-order valence-corrected chi connectivity index (χ1v) is 6.57. The molecule has 1 heterocycles. The highest BCUT2D eigenvalue weighted by molar-refractivity contribution is 5.80. The van der Waals surface area contributed by atoms with E-state index in [4.69, 9.17) is 5.11 Å². The van der Waals surface area contributed by atoms with Gasteiger partial charge in [0, 0.05) is 6.07 Å². The van der Waals surface area contributed by atoms with Gasteiger partial charge >= 0.3 is 5.97 Å². The van der Waals surface area contributed by atoms with Crippen molar-refractivity contribution in [3.05, 3.63) is 53.7 Å². The lowest BCUT2D eigenvalue weighted by Crippen LogP contribution is -2.45. The van der Waals surface area contributed by atoms with Gasteiger partial charge < -0.3 is 14.9 Å². The number of rotatable bonds is 6. The van der Waals surface area contributed by atoms with Crippen molar-refractivity contribution in [2.45, 2.75) is 25.3 Å². The molecular weight excluding hydrogens is 291 g/mol. The van der Waals surface area contributed by atoms with E-state index < -0.39 is 23.2 Å². The number of carboxylic acids is 1. The van der Waals surface area contributed by atoms with E-state index in [1.54, 1.807) is 13.0 Å². The first-order chi connectivity index (χ1) is 10.4. The first-order valence-electron chi connectivity index (χ1n) is 6.57. The van der Waals surface area contributed by atoms with Crippen LogP contribution in [0.25, 0.3) is 0 Å². The van der Waals surface area contributed by atoms with Gasteiger partial charge in [0.05, 0.1) is 24.1 Å². The largest absolute Gasteiger partial charge is 0.481 e. The van der Waals surface area contributed by atoms with Crippen molar-refractivity contribution in [3.63, 3.8) is 0 Å². The third kappa shape index (κ3) is 3.91. The van der Waals surface area contributed by atoms with Gasteiger partial charge in [-0.15, -0.1) is 0 Å². The summed E-state index contributed by atoms with van der Waals surface area (Å²) < 4.78 is 17.7. The number of aromatic nitrogens is 1. The van der Waals surface area contributed by atoms with Crippen LogP contribution in [0, 0.1) is 5.82 Å². The Morgan fingerprint density at radius 3 is 2.55 bits per heavy atom. The van der Waals surface area contributed by atoms with Crippen LogP contribution < -0.4 is 5.32 Å². The molecule has 1 aromatic heterocycles. The van der Waals surface area contributed by atoms with E-state index in [-0.39, 0.29) is 12.8 Å². The lowest BCUT2D eigenvalue weighted by atomic mass is 9.88. The Balaban J connectivity index is 2.19. The summed E-state index contributed by atoms with van der Waals surface area (Å²) >= 11 is 0. The van der Waals surface area contributed by atoms with E-state index >= 15 is 0 Å². The fourth-order valence-corrected chi connectivity index (χ4v) is 2.18.